The first kappa shape index (κ1) is 15.0. The minimum Gasteiger partial charge on any atom is -0.398 e. The van der Waals surface area contributed by atoms with E-state index in [0.29, 0.717) is 6.54 Å². The van der Waals surface area contributed by atoms with Crippen LogP contribution in [0.2, 0.25) is 0 Å². The molecule has 1 amide bonds. The Balaban J connectivity index is 2.04. The summed E-state index contributed by atoms with van der Waals surface area (Å²) >= 11 is 0. The van der Waals surface area contributed by atoms with Gasteiger partial charge in [-0.15, -0.1) is 0 Å². The summed E-state index contributed by atoms with van der Waals surface area (Å²) in [4.78, 5) is 12.0. The fraction of sp³-hybridized carbons (Fsp3) is 0.188. The molecule has 0 aromatic heterocycles. The number of nitrogens with one attached hydrogen (secondary N) is 1. The van der Waals surface area contributed by atoms with Gasteiger partial charge in [0.05, 0.1) is 5.56 Å². The van der Waals surface area contributed by atoms with Gasteiger partial charge in [-0.1, -0.05) is 37.3 Å². The van der Waals surface area contributed by atoms with Crippen LogP contribution in [0.1, 0.15) is 28.8 Å². The Morgan fingerprint density at radius 2 is 1.81 bits per heavy atom. The molecule has 5 heteroatoms. The van der Waals surface area contributed by atoms with Gasteiger partial charge in [-0.3, -0.25) is 4.79 Å². The van der Waals surface area contributed by atoms with E-state index in [1.807, 2.05) is 37.3 Å². The lowest BCUT2D eigenvalue weighted by Crippen LogP contribution is -2.28. The monoisotopic (exact) mass is 290 g/mol. The van der Waals surface area contributed by atoms with E-state index in [1.54, 1.807) is 0 Å². The van der Waals surface area contributed by atoms with Crippen molar-refractivity contribution < 1.29 is 13.6 Å². The zero-order valence-corrected chi connectivity index (χ0v) is 11.6. The highest BCUT2D eigenvalue weighted by Crippen LogP contribution is 2.18. The van der Waals surface area contributed by atoms with E-state index in [9.17, 15) is 13.6 Å². The highest BCUT2D eigenvalue weighted by Gasteiger charge is 2.15. The van der Waals surface area contributed by atoms with Crippen LogP contribution in [0.5, 0.6) is 0 Å². The van der Waals surface area contributed by atoms with Crippen LogP contribution in [-0.4, -0.2) is 12.5 Å². The number of amides is 1. The molecule has 2 aromatic rings. The number of halogens is 2. The summed E-state index contributed by atoms with van der Waals surface area (Å²) < 4.78 is 26.1. The number of rotatable bonds is 4. The number of benzene rings is 2. The number of carbonyl (C=O) groups excluding carboxylic acids is 1. The minimum atomic E-state index is -1.09. The molecule has 0 aliphatic heterocycles. The second-order valence-electron chi connectivity index (χ2n) is 4.88. The maximum Gasteiger partial charge on any atom is 0.253 e. The molecule has 2 rings (SSSR count). The van der Waals surface area contributed by atoms with Crippen molar-refractivity contribution in [3.63, 3.8) is 0 Å². The Hall–Kier alpha value is -2.43. The SMILES string of the molecule is CC(CNC(=O)c1cc(F)c(F)cc1N)c1ccccc1. The van der Waals surface area contributed by atoms with Crippen LogP contribution in [0, 0.1) is 11.6 Å². The fourth-order valence-corrected chi connectivity index (χ4v) is 2.00. The molecular weight excluding hydrogens is 274 g/mol. The van der Waals surface area contributed by atoms with Gasteiger partial charge in [0.1, 0.15) is 0 Å². The summed E-state index contributed by atoms with van der Waals surface area (Å²) in [7, 11) is 0. The van der Waals surface area contributed by atoms with Crippen molar-refractivity contribution in [1.29, 1.82) is 0 Å². The normalized spacial score (nSPS) is 12.0. The highest BCUT2D eigenvalue weighted by molar-refractivity contribution is 5.99. The van der Waals surface area contributed by atoms with Gasteiger partial charge < -0.3 is 11.1 Å². The molecule has 21 heavy (non-hydrogen) atoms. The van der Waals surface area contributed by atoms with Gasteiger partial charge in [0.15, 0.2) is 11.6 Å². The van der Waals surface area contributed by atoms with Crippen LogP contribution < -0.4 is 11.1 Å². The zero-order valence-electron chi connectivity index (χ0n) is 11.6. The van der Waals surface area contributed by atoms with Crippen LogP contribution >= 0.6 is 0 Å². The molecule has 0 aliphatic carbocycles. The molecule has 110 valence electrons. The van der Waals surface area contributed by atoms with Crippen LogP contribution in [0.4, 0.5) is 14.5 Å². The third kappa shape index (κ3) is 3.56. The topological polar surface area (TPSA) is 55.1 Å². The Bertz CT molecular complexity index is 644. The van der Waals surface area contributed by atoms with Crippen molar-refractivity contribution in [3.05, 3.63) is 65.2 Å². The van der Waals surface area contributed by atoms with Crippen LogP contribution in [0.25, 0.3) is 0 Å². The summed E-state index contributed by atoms with van der Waals surface area (Å²) in [6.45, 7) is 2.34. The number of hydrogen-bond acceptors (Lipinski definition) is 2. The molecule has 0 heterocycles. The van der Waals surface area contributed by atoms with Gasteiger partial charge >= 0.3 is 0 Å². The standard InChI is InChI=1S/C16H16F2N2O/c1-10(11-5-3-2-4-6-11)9-20-16(21)12-7-13(17)14(18)8-15(12)19/h2-8,10H,9,19H2,1H3,(H,20,21). The molecule has 1 unspecified atom stereocenters. The Kier molecular flexibility index (Phi) is 4.52. The van der Waals surface area contributed by atoms with E-state index < -0.39 is 17.5 Å². The molecule has 3 nitrogen and oxygen atoms in total. The molecule has 1 atom stereocenters. The summed E-state index contributed by atoms with van der Waals surface area (Å²) in [5, 5.41) is 2.68. The van der Waals surface area contributed by atoms with Crippen molar-refractivity contribution >= 4 is 11.6 Å². The van der Waals surface area contributed by atoms with Crippen LogP contribution in [0.15, 0.2) is 42.5 Å². The number of anilines is 1. The van der Waals surface area contributed by atoms with Gasteiger partial charge in [0.25, 0.3) is 5.91 Å². The molecule has 2 aromatic carbocycles. The molecule has 0 radical (unpaired) electrons. The molecule has 0 bridgehead atoms. The maximum absolute atomic E-state index is 13.2. The van der Waals surface area contributed by atoms with Crippen molar-refractivity contribution in [2.75, 3.05) is 12.3 Å². The predicted octanol–water partition coefficient (Wildman–Crippen LogP) is 3.08. The summed E-state index contributed by atoms with van der Waals surface area (Å²) in [6, 6.07) is 11.3. The first-order valence-corrected chi connectivity index (χ1v) is 6.56. The summed E-state index contributed by atoms with van der Waals surface area (Å²) in [6.07, 6.45) is 0. The van der Waals surface area contributed by atoms with Gasteiger partial charge in [-0.2, -0.15) is 0 Å². The lowest BCUT2D eigenvalue weighted by Gasteiger charge is -2.14. The van der Waals surface area contributed by atoms with Crippen LogP contribution in [0.3, 0.4) is 0 Å². The second kappa shape index (κ2) is 6.35. The Morgan fingerprint density at radius 3 is 2.48 bits per heavy atom. The van der Waals surface area contributed by atoms with E-state index in [1.165, 1.54) is 0 Å². The fourth-order valence-electron chi connectivity index (χ4n) is 2.00. The molecule has 0 saturated carbocycles. The van der Waals surface area contributed by atoms with E-state index in [0.717, 1.165) is 17.7 Å². The van der Waals surface area contributed by atoms with E-state index >= 15 is 0 Å². The second-order valence-corrected chi connectivity index (χ2v) is 4.88. The van der Waals surface area contributed by atoms with Gasteiger partial charge in [-0.05, 0) is 17.5 Å². The highest BCUT2D eigenvalue weighted by atomic mass is 19.2. The molecule has 0 fully saturated rings. The van der Waals surface area contributed by atoms with Gasteiger partial charge in [0.2, 0.25) is 0 Å². The van der Waals surface area contributed by atoms with Gasteiger partial charge in [-0.25, -0.2) is 8.78 Å². The maximum atomic E-state index is 13.2. The Morgan fingerprint density at radius 1 is 1.19 bits per heavy atom. The van der Waals surface area contributed by atoms with Crippen molar-refractivity contribution in [2.45, 2.75) is 12.8 Å². The molecule has 0 aliphatic rings. The largest absolute Gasteiger partial charge is 0.398 e. The van der Waals surface area contributed by atoms with Crippen LogP contribution in [-0.2, 0) is 0 Å². The van der Waals surface area contributed by atoms with E-state index in [4.69, 9.17) is 5.73 Å². The lowest BCUT2D eigenvalue weighted by molar-refractivity contribution is 0.0952. The first-order valence-electron chi connectivity index (χ1n) is 6.56. The Labute approximate surface area is 121 Å². The van der Waals surface area contributed by atoms with Gasteiger partial charge in [0, 0.05) is 18.3 Å². The lowest BCUT2D eigenvalue weighted by atomic mass is 10.0. The zero-order chi connectivity index (χ0) is 15.4. The molecule has 0 spiro atoms. The minimum absolute atomic E-state index is 0.0610. The summed E-state index contributed by atoms with van der Waals surface area (Å²) in [5.74, 6) is -2.58. The quantitative estimate of drug-likeness (QED) is 0.850. The molecular formula is C16H16F2N2O. The predicted molar refractivity (Wildman–Crippen MR) is 78.0 cm³/mol. The summed E-state index contributed by atoms with van der Waals surface area (Å²) in [5.41, 5.74) is 6.48. The average Bonchev–Trinajstić information content (AvgIpc) is 2.49. The number of hydrogen-bond donors (Lipinski definition) is 2. The number of carbonyl (C=O) groups is 1. The third-order valence-corrected chi connectivity index (χ3v) is 3.27. The number of nitrogen functional groups attached to an aromatic ring is 1. The van der Waals surface area contributed by atoms with Crippen molar-refractivity contribution in [1.82, 2.24) is 5.32 Å². The third-order valence-electron chi connectivity index (χ3n) is 3.27. The van der Waals surface area contributed by atoms with E-state index in [2.05, 4.69) is 5.32 Å². The van der Waals surface area contributed by atoms with E-state index in [-0.39, 0.29) is 17.2 Å². The smallest absolute Gasteiger partial charge is 0.253 e. The average molecular weight is 290 g/mol. The molecule has 3 N–H and O–H groups in total. The number of nitrogens with two attached hydrogens (primary N) is 1. The first-order chi connectivity index (χ1) is 9.99. The molecule has 0 saturated heterocycles. The van der Waals surface area contributed by atoms with Crippen molar-refractivity contribution in [2.24, 2.45) is 0 Å². The van der Waals surface area contributed by atoms with Crippen molar-refractivity contribution in [3.8, 4) is 0 Å².